The van der Waals surface area contributed by atoms with E-state index in [1.54, 1.807) is 6.92 Å². The van der Waals surface area contributed by atoms with Crippen LogP contribution in [0.25, 0.3) is 16.7 Å². The van der Waals surface area contributed by atoms with Gasteiger partial charge in [0.05, 0.1) is 18.3 Å². The van der Waals surface area contributed by atoms with E-state index in [9.17, 15) is 17.2 Å². The van der Waals surface area contributed by atoms with Crippen LogP contribution in [0.5, 0.6) is 0 Å². The Morgan fingerprint density at radius 2 is 2.00 bits per heavy atom. The summed E-state index contributed by atoms with van der Waals surface area (Å²) >= 11 is 0. The fourth-order valence-corrected chi connectivity index (χ4v) is 3.07. The van der Waals surface area contributed by atoms with Crippen molar-refractivity contribution >= 4 is 32.5 Å². The molecule has 9 nitrogen and oxygen atoms in total. The molecular formula is C15H13F2N7O2S. The third-order valence-electron chi connectivity index (χ3n) is 3.86. The van der Waals surface area contributed by atoms with Gasteiger partial charge in [-0.1, -0.05) is 0 Å². The number of aryl methyl sites for hydroxylation is 1. The van der Waals surface area contributed by atoms with E-state index in [1.807, 2.05) is 0 Å². The Morgan fingerprint density at radius 3 is 2.74 bits per heavy atom. The number of rotatable bonds is 4. The molecule has 1 aromatic carbocycles. The summed E-state index contributed by atoms with van der Waals surface area (Å²) in [7, 11) is -3.64. The summed E-state index contributed by atoms with van der Waals surface area (Å²) in [5, 5.41) is 6.67. The van der Waals surface area contributed by atoms with Crippen LogP contribution in [0.2, 0.25) is 0 Å². The number of fused-ring (bicyclic) bond motifs is 2. The van der Waals surface area contributed by atoms with Crippen LogP contribution in [0.1, 0.15) is 11.4 Å². The first kappa shape index (κ1) is 17.3. The van der Waals surface area contributed by atoms with E-state index in [0.29, 0.717) is 22.6 Å². The van der Waals surface area contributed by atoms with Gasteiger partial charge in [-0.15, -0.1) is 0 Å². The number of sulfone groups is 1. The van der Waals surface area contributed by atoms with Crippen LogP contribution in [0.4, 0.5) is 14.7 Å². The first-order valence-corrected chi connectivity index (χ1v) is 9.62. The van der Waals surface area contributed by atoms with Gasteiger partial charge < -0.3 is 10.3 Å². The molecular weight excluding hydrogens is 380 g/mol. The molecule has 0 fully saturated rings. The number of hydrogen-bond donors (Lipinski definition) is 2. The predicted molar refractivity (Wildman–Crippen MR) is 92.0 cm³/mol. The van der Waals surface area contributed by atoms with E-state index in [0.717, 1.165) is 12.3 Å². The van der Waals surface area contributed by atoms with Crippen molar-refractivity contribution in [2.45, 2.75) is 18.6 Å². The summed E-state index contributed by atoms with van der Waals surface area (Å²) in [6.45, 7) is 1.78. The zero-order chi connectivity index (χ0) is 19.3. The number of imidazole rings is 1. The molecule has 140 valence electrons. The fourth-order valence-electron chi connectivity index (χ4n) is 2.56. The average Bonchev–Trinajstić information content (AvgIpc) is 3.20. The monoisotopic (exact) mass is 393 g/mol. The number of nitrogens with one attached hydrogen (secondary N) is 2. The first-order valence-electron chi connectivity index (χ1n) is 7.73. The highest BCUT2D eigenvalue weighted by Gasteiger charge is 2.18. The van der Waals surface area contributed by atoms with Gasteiger partial charge in [0.1, 0.15) is 11.3 Å². The van der Waals surface area contributed by atoms with E-state index in [2.05, 4.69) is 30.4 Å². The van der Waals surface area contributed by atoms with Crippen LogP contribution in [-0.2, 0) is 16.4 Å². The number of halogens is 2. The lowest BCUT2D eigenvalue weighted by Gasteiger charge is -2.07. The summed E-state index contributed by atoms with van der Waals surface area (Å²) in [6, 6.07) is 2.39. The van der Waals surface area contributed by atoms with Crippen molar-refractivity contribution < 1.29 is 17.2 Å². The number of H-pyrrole nitrogens is 1. The Morgan fingerprint density at radius 1 is 1.22 bits per heavy atom. The van der Waals surface area contributed by atoms with Gasteiger partial charge in [0.25, 0.3) is 5.16 Å². The minimum atomic E-state index is -3.64. The zero-order valence-corrected chi connectivity index (χ0v) is 15.0. The minimum absolute atomic E-state index is 0.0456. The van der Waals surface area contributed by atoms with Crippen molar-refractivity contribution in [1.82, 2.24) is 29.5 Å². The third kappa shape index (κ3) is 2.97. The van der Waals surface area contributed by atoms with E-state index >= 15 is 0 Å². The zero-order valence-electron chi connectivity index (χ0n) is 14.2. The molecule has 0 bridgehead atoms. The van der Waals surface area contributed by atoms with Gasteiger partial charge in [0.2, 0.25) is 15.8 Å². The van der Waals surface area contributed by atoms with Gasteiger partial charge >= 0.3 is 0 Å². The number of nitrogens with zero attached hydrogens (tertiary/aromatic N) is 5. The summed E-state index contributed by atoms with van der Waals surface area (Å²) < 4.78 is 52.1. The van der Waals surface area contributed by atoms with Crippen molar-refractivity contribution in [1.29, 1.82) is 0 Å². The normalized spacial score (nSPS) is 12.1. The Labute approximate surface area is 151 Å². The number of hydrogen-bond acceptors (Lipinski definition) is 7. The maximum Gasteiger partial charge on any atom is 0.252 e. The molecule has 3 heterocycles. The maximum atomic E-state index is 13.8. The highest BCUT2D eigenvalue weighted by Crippen LogP contribution is 2.19. The number of anilines is 1. The predicted octanol–water partition coefficient (Wildman–Crippen LogP) is 1.60. The molecule has 0 atom stereocenters. The van der Waals surface area contributed by atoms with Crippen molar-refractivity contribution in [2.24, 2.45) is 0 Å². The van der Waals surface area contributed by atoms with Gasteiger partial charge in [0.15, 0.2) is 17.3 Å². The van der Waals surface area contributed by atoms with Gasteiger partial charge in [-0.05, 0) is 19.1 Å². The third-order valence-corrected chi connectivity index (χ3v) is 4.71. The van der Waals surface area contributed by atoms with Crippen LogP contribution in [0, 0.1) is 18.6 Å². The summed E-state index contributed by atoms with van der Waals surface area (Å²) in [4.78, 5) is 14.9. The standard InChI is InChI=1S/C15H13F2N7O2S/c1-7-5-19-24-13(7)22-15(27(2,25)26)23-14(24)18-6-10-20-9-4-3-8(16)11(17)12(9)21-10/h3-5H,6H2,1-2H3,(H,20,21)(H,18,22,23). The van der Waals surface area contributed by atoms with E-state index in [4.69, 9.17) is 0 Å². The molecule has 0 saturated carbocycles. The highest BCUT2D eigenvalue weighted by atomic mass is 32.2. The molecule has 0 aliphatic carbocycles. The Balaban J connectivity index is 1.72. The van der Waals surface area contributed by atoms with E-state index in [1.165, 1.54) is 16.8 Å². The van der Waals surface area contributed by atoms with Crippen LogP contribution < -0.4 is 5.32 Å². The van der Waals surface area contributed by atoms with Crippen LogP contribution in [0.3, 0.4) is 0 Å². The smallest absolute Gasteiger partial charge is 0.252 e. The summed E-state index contributed by atoms with van der Waals surface area (Å²) in [6.07, 6.45) is 2.53. The number of aromatic nitrogens is 6. The Hall–Kier alpha value is -3.15. The van der Waals surface area contributed by atoms with Crippen molar-refractivity contribution in [2.75, 3.05) is 11.6 Å². The first-order chi connectivity index (χ1) is 12.7. The minimum Gasteiger partial charge on any atom is -0.347 e. The molecule has 4 aromatic rings. The van der Waals surface area contributed by atoms with Crippen molar-refractivity contribution in [3.63, 3.8) is 0 Å². The fraction of sp³-hybridized carbons (Fsp3) is 0.200. The molecule has 12 heteroatoms. The lowest BCUT2D eigenvalue weighted by molar-refractivity contribution is 0.515. The second kappa shape index (κ2) is 5.94. The van der Waals surface area contributed by atoms with Crippen LogP contribution in [0.15, 0.2) is 23.5 Å². The van der Waals surface area contributed by atoms with Gasteiger partial charge in [-0.2, -0.15) is 19.6 Å². The topological polar surface area (TPSA) is 118 Å². The molecule has 0 saturated heterocycles. The Bertz CT molecular complexity index is 1300. The lowest BCUT2D eigenvalue weighted by atomic mass is 10.3. The molecule has 0 unspecified atom stereocenters. The van der Waals surface area contributed by atoms with E-state index < -0.39 is 21.5 Å². The molecule has 0 spiro atoms. The molecule has 4 rings (SSSR count). The van der Waals surface area contributed by atoms with Crippen LogP contribution in [-0.4, -0.2) is 44.2 Å². The van der Waals surface area contributed by atoms with Gasteiger partial charge in [-0.25, -0.2) is 22.2 Å². The number of aromatic amines is 1. The summed E-state index contributed by atoms with van der Waals surface area (Å²) in [5.41, 5.74) is 1.23. The maximum absolute atomic E-state index is 13.8. The molecule has 0 aliphatic heterocycles. The highest BCUT2D eigenvalue weighted by molar-refractivity contribution is 7.90. The average molecular weight is 393 g/mol. The summed E-state index contributed by atoms with van der Waals surface area (Å²) in [5.74, 6) is -1.59. The number of benzene rings is 1. The molecule has 2 N–H and O–H groups in total. The largest absolute Gasteiger partial charge is 0.347 e. The molecule has 0 aliphatic rings. The van der Waals surface area contributed by atoms with Crippen molar-refractivity contribution in [3.8, 4) is 0 Å². The Kier molecular flexibility index (Phi) is 3.80. The van der Waals surface area contributed by atoms with Crippen molar-refractivity contribution in [3.05, 3.63) is 41.4 Å². The van der Waals surface area contributed by atoms with E-state index in [-0.39, 0.29) is 23.2 Å². The lowest BCUT2D eigenvalue weighted by Crippen LogP contribution is -2.14. The molecule has 3 aromatic heterocycles. The van der Waals surface area contributed by atoms with Gasteiger partial charge in [-0.3, -0.25) is 0 Å². The SMILES string of the molecule is Cc1cnn2c(NCc3nc4c(F)c(F)ccc4[nH]3)nc(S(C)(=O)=O)nc12. The van der Waals surface area contributed by atoms with Gasteiger partial charge in [0, 0.05) is 11.8 Å². The quantitative estimate of drug-likeness (QED) is 0.541. The molecule has 27 heavy (non-hydrogen) atoms. The second-order valence-corrected chi connectivity index (χ2v) is 7.87. The second-order valence-electron chi connectivity index (χ2n) is 5.96. The molecule has 0 radical (unpaired) electrons. The van der Waals surface area contributed by atoms with Crippen LogP contribution >= 0.6 is 0 Å². The molecule has 0 amide bonds.